The molecule has 0 spiro atoms. The number of nitrogens with one attached hydrogen (secondary N) is 1. The standard InChI is InChI=1S/C6H10O3.C4H6N2/c1(5-3-8-5)7-2-6-4-9-6;1-4-5-2-3-6-4/h5-6H,1-4H2;2-3H,1H3,(H,5,6). The third kappa shape index (κ3) is 4.92. The van der Waals surface area contributed by atoms with Crippen molar-refractivity contribution in [3.8, 4) is 0 Å². The van der Waals surface area contributed by atoms with Crippen molar-refractivity contribution < 1.29 is 14.2 Å². The molecule has 0 bridgehead atoms. The third-order valence-corrected chi connectivity index (χ3v) is 2.05. The molecule has 5 heteroatoms. The highest BCUT2D eigenvalue weighted by atomic mass is 16.6. The molecule has 5 nitrogen and oxygen atoms in total. The van der Waals surface area contributed by atoms with Gasteiger partial charge in [0.1, 0.15) is 18.0 Å². The molecule has 0 radical (unpaired) electrons. The van der Waals surface area contributed by atoms with Crippen LogP contribution in [0, 0.1) is 6.92 Å². The molecule has 3 heterocycles. The predicted octanol–water partition coefficient (Wildman–Crippen LogP) is 0.519. The Morgan fingerprint density at radius 2 is 2.00 bits per heavy atom. The van der Waals surface area contributed by atoms with Gasteiger partial charge in [0.25, 0.3) is 0 Å². The molecule has 2 aliphatic rings. The molecule has 0 saturated carbocycles. The lowest BCUT2D eigenvalue weighted by atomic mass is 10.5. The smallest absolute Gasteiger partial charge is 0.104 e. The van der Waals surface area contributed by atoms with Crippen LogP contribution < -0.4 is 0 Å². The summed E-state index contributed by atoms with van der Waals surface area (Å²) < 4.78 is 15.1. The van der Waals surface area contributed by atoms with Crippen LogP contribution in [0.5, 0.6) is 0 Å². The minimum absolute atomic E-state index is 0.392. The maximum atomic E-state index is 5.23. The van der Waals surface area contributed by atoms with E-state index < -0.39 is 0 Å². The predicted molar refractivity (Wildman–Crippen MR) is 53.6 cm³/mol. The lowest BCUT2D eigenvalue weighted by Crippen LogP contribution is -2.06. The zero-order chi connectivity index (χ0) is 10.5. The van der Waals surface area contributed by atoms with Crippen molar-refractivity contribution in [1.82, 2.24) is 9.97 Å². The van der Waals surface area contributed by atoms with Gasteiger partial charge in [0.05, 0.1) is 26.4 Å². The van der Waals surface area contributed by atoms with Crippen LogP contribution in [0.3, 0.4) is 0 Å². The van der Waals surface area contributed by atoms with Crippen molar-refractivity contribution in [1.29, 1.82) is 0 Å². The van der Waals surface area contributed by atoms with Crippen molar-refractivity contribution in [2.75, 3.05) is 26.4 Å². The molecule has 84 valence electrons. The Bertz CT molecular complexity index is 256. The van der Waals surface area contributed by atoms with Gasteiger partial charge in [0, 0.05) is 12.4 Å². The van der Waals surface area contributed by atoms with Crippen LogP contribution in [0.1, 0.15) is 5.82 Å². The van der Waals surface area contributed by atoms with Gasteiger partial charge in [-0.2, -0.15) is 0 Å². The van der Waals surface area contributed by atoms with Crippen LogP contribution in [-0.2, 0) is 14.2 Å². The van der Waals surface area contributed by atoms with Crippen LogP contribution in [0.15, 0.2) is 12.4 Å². The highest BCUT2D eigenvalue weighted by Crippen LogP contribution is 2.12. The molecule has 2 aliphatic heterocycles. The lowest BCUT2D eigenvalue weighted by Gasteiger charge is -1.95. The minimum Gasteiger partial charge on any atom is -0.376 e. The molecule has 2 atom stereocenters. The summed E-state index contributed by atoms with van der Waals surface area (Å²) in [5, 5.41) is 0. The maximum absolute atomic E-state index is 5.23. The quantitative estimate of drug-likeness (QED) is 0.739. The number of H-pyrrole nitrogens is 1. The molecule has 1 N–H and O–H groups in total. The lowest BCUT2D eigenvalue weighted by molar-refractivity contribution is 0.102. The summed E-state index contributed by atoms with van der Waals surface area (Å²) in [6.07, 6.45) is 4.32. The van der Waals surface area contributed by atoms with Gasteiger partial charge >= 0.3 is 0 Å². The number of hydrogen-bond donors (Lipinski definition) is 1. The van der Waals surface area contributed by atoms with E-state index in [1.165, 1.54) is 0 Å². The van der Waals surface area contributed by atoms with E-state index in [0.717, 1.165) is 32.3 Å². The highest BCUT2D eigenvalue weighted by Gasteiger charge is 2.26. The van der Waals surface area contributed by atoms with Crippen molar-refractivity contribution in [3.05, 3.63) is 18.2 Å². The van der Waals surface area contributed by atoms with E-state index in [1.807, 2.05) is 6.92 Å². The van der Waals surface area contributed by atoms with Crippen LogP contribution in [0.25, 0.3) is 0 Å². The van der Waals surface area contributed by atoms with Gasteiger partial charge in [0.2, 0.25) is 0 Å². The fourth-order valence-electron chi connectivity index (χ4n) is 1.00. The Balaban J connectivity index is 0.000000124. The molecule has 0 amide bonds. The Hall–Kier alpha value is -0.910. The van der Waals surface area contributed by atoms with Crippen molar-refractivity contribution in [2.24, 2.45) is 0 Å². The number of hydrogen-bond acceptors (Lipinski definition) is 4. The summed E-state index contributed by atoms with van der Waals surface area (Å²) in [4.78, 5) is 6.75. The van der Waals surface area contributed by atoms with E-state index in [9.17, 15) is 0 Å². The number of nitrogens with zero attached hydrogens (tertiary/aromatic N) is 1. The van der Waals surface area contributed by atoms with E-state index >= 15 is 0 Å². The third-order valence-electron chi connectivity index (χ3n) is 2.05. The molecule has 0 aliphatic carbocycles. The largest absolute Gasteiger partial charge is 0.376 e. The van der Waals surface area contributed by atoms with Crippen molar-refractivity contribution in [3.63, 3.8) is 0 Å². The summed E-state index contributed by atoms with van der Waals surface area (Å²) in [6.45, 7) is 5.18. The number of ether oxygens (including phenoxy) is 3. The average Bonchev–Trinajstić information content (AvgIpc) is 3.13. The van der Waals surface area contributed by atoms with Gasteiger partial charge in [0.15, 0.2) is 0 Å². The Kier molecular flexibility index (Phi) is 3.71. The van der Waals surface area contributed by atoms with Gasteiger partial charge in [-0.25, -0.2) is 4.98 Å². The molecular weight excluding hydrogens is 196 g/mol. The summed E-state index contributed by atoms with van der Waals surface area (Å²) in [6, 6.07) is 0. The second-order valence-electron chi connectivity index (χ2n) is 3.62. The van der Waals surface area contributed by atoms with Crippen molar-refractivity contribution >= 4 is 0 Å². The van der Waals surface area contributed by atoms with Crippen LogP contribution >= 0.6 is 0 Å². The molecule has 2 saturated heterocycles. The second kappa shape index (κ2) is 5.25. The van der Waals surface area contributed by atoms with E-state index in [1.54, 1.807) is 12.4 Å². The molecule has 1 aromatic rings. The molecule has 15 heavy (non-hydrogen) atoms. The zero-order valence-electron chi connectivity index (χ0n) is 8.81. The fraction of sp³-hybridized carbons (Fsp3) is 0.700. The van der Waals surface area contributed by atoms with Crippen LogP contribution in [-0.4, -0.2) is 48.6 Å². The second-order valence-corrected chi connectivity index (χ2v) is 3.62. The number of aryl methyl sites for hydroxylation is 1. The first-order valence-corrected chi connectivity index (χ1v) is 5.11. The van der Waals surface area contributed by atoms with Crippen LogP contribution in [0.4, 0.5) is 0 Å². The molecular formula is C10H16N2O3. The van der Waals surface area contributed by atoms with E-state index in [0.29, 0.717) is 12.2 Å². The van der Waals surface area contributed by atoms with E-state index in [4.69, 9.17) is 14.2 Å². The highest BCUT2D eigenvalue weighted by molar-refractivity contribution is 4.80. The maximum Gasteiger partial charge on any atom is 0.104 e. The Labute approximate surface area is 88.7 Å². The van der Waals surface area contributed by atoms with Gasteiger partial charge < -0.3 is 19.2 Å². The first-order valence-electron chi connectivity index (χ1n) is 5.11. The molecule has 2 fully saturated rings. The first kappa shape index (κ1) is 10.6. The van der Waals surface area contributed by atoms with E-state index in [2.05, 4.69) is 9.97 Å². The number of aromatic nitrogens is 2. The van der Waals surface area contributed by atoms with Gasteiger partial charge in [-0.15, -0.1) is 0 Å². The van der Waals surface area contributed by atoms with Gasteiger partial charge in [-0.3, -0.25) is 0 Å². The van der Waals surface area contributed by atoms with Crippen LogP contribution in [0.2, 0.25) is 0 Å². The molecule has 2 unspecified atom stereocenters. The van der Waals surface area contributed by atoms with E-state index in [-0.39, 0.29) is 0 Å². The molecule has 1 aromatic heterocycles. The summed E-state index contributed by atoms with van der Waals surface area (Å²) in [7, 11) is 0. The van der Waals surface area contributed by atoms with Crippen molar-refractivity contribution in [2.45, 2.75) is 19.1 Å². The summed E-state index contributed by atoms with van der Waals surface area (Å²) >= 11 is 0. The van der Waals surface area contributed by atoms with Gasteiger partial charge in [-0.05, 0) is 6.92 Å². The van der Waals surface area contributed by atoms with Gasteiger partial charge in [-0.1, -0.05) is 0 Å². The normalized spacial score (nSPS) is 26.7. The summed E-state index contributed by atoms with van der Waals surface area (Å²) in [5.74, 6) is 0.968. The SMILES string of the molecule is C(OCC1CO1)C1CO1.Cc1ncc[nH]1. The Morgan fingerprint density at radius 1 is 1.40 bits per heavy atom. The minimum atomic E-state index is 0.392. The number of rotatable bonds is 4. The number of epoxide rings is 2. The Morgan fingerprint density at radius 3 is 2.27 bits per heavy atom. The number of aromatic amines is 1. The summed E-state index contributed by atoms with van der Waals surface area (Å²) in [5.41, 5.74) is 0. The fourth-order valence-corrected chi connectivity index (χ4v) is 1.00. The topological polar surface area (TPSA) is 63.0 Å². The molecule has 3 rings (SSSR count). The monoisotopic (exact) mass is 212 g/mol. The first-order chi connectivity index (χ1) is 7.34. The zero-order valence-corrected chi connectivity index (χ0v) is 8.81. The average molecular weight is 212 g/mol. The molecule has 0 aromatic carbocycles. The number of imidazole rings is 1.